The molecule has 4 heteroatoms. The van der Waals surface area contributed by atoms with Gasteiger partial charge in [-0.05, 0) is 18.8 Å². The summed E-state index contributed by atoms with van der Waals surface area (Å²) in [5.41, 5.74) is 2.37. The third-order valence-corrected chi connectivity index (χ3v) is 4.18. The largest absolute Gasteiger partial charge is 0.369 e. The van der Waals surface area contributed by atoms with Gasteiger partial charge in [-0.1, -0.05) is 34.6 Å². The van der Waals surface area contributed by atoms with E-state index in [1.807, 2.05) is 6.20 Å². The second-order valence-electron chi connectivity index (χ2n) is 6.92. The van der Waals surface area contributed by atoms with Gasteiger partial charge in [0.25, 0.3) is 0 Å². The van der Waals surface area contributed by atoms with E-state index in [1.165, 1.54) is 18.5 Å². The second-order valence-corrected chi connectivity index (χ2v) is 6.92. The molecule has 1 aliphatic rings. The van der Waals surface area contributed by atoms with E-state index in [-0.39, 0.29) is 0 Å². The van der Waals surface area contributed by atoms with Gasteiger partial charge in [-0.3, -0.25) is 0 Å². The predicted octanol–water partition coefficient (Wildman–Crippen LogP) is 3.33. The standard InChI is InChI=1S/C17H30N4/c1-12(2)17-19-11-16(15(20-17)10-18-13(3)4)21-8-6-14(5)7-9-21/h11-14,18H,6-10H2,1-5H3. The van der Waals surface area contributed by atoms with Gasteiger partial charge < -0.3 is 10.2 Å². The molecule has 1 N–H and O–H groups in total. The monoisotopic (exact) mass is 290 g/mol. The first-order valence-corrected chi connectivity index (χ1v) is 8.31. The van der Waals surface area contributed by atoms with Crippen LogP contribution in [0, 0.1) is 5.92 Å². The van der Waals surface area contributed by atoms with Gasteiger partial charge in [0, 0.05) is 31.6 Å². The summed E-state index contributed by atoms with van der Waals surface area (Å²) in [6.45, 7) is 14.1. The fourth-order valence-electron chi connectivity index (χ4n) is 2.65. The maximum atomic E-state index is 4.82. The molecule has 4 nitrogen and oxygen atoms in total. The zero-order valence-corrected chi connectivity index (χ0v) is 14.2. The third-order valence-electron chi connectivity index (χ3n) is 4.18. The van der Waals surface area contributed by atoms with Gasteiger partial charge in [-0.15, -0.1) is 0 Å². The first-order valence-electron chi connectivity index (χ1n) is 8.31. The summed E-state index contributed by atoms with van der Waals surface area (Å²) in [5.74, 6) is 2.16. The zero-order chi connectivity index (χ0) is 15.4. The number of piperidine rings is 1. The van der Waals surface area contributed by atoms with Crippen LogP contribution >= 0.6 is 0 Å². The Hall–Kier alpha value is -1.16. The molecule has 2 heterocycles. The zero-order valence-electron chi connectivity index (χ0n) is 14.2. The van der Waals surface area contributed by atoms with Crippen LogP contribution in [-0.4, -0.2) is 29.1 Å². The van der Waals surface area contributed by atoms with E-state index in [9.17, 15) is 0 Å². The van der Waals surface area contributed by atoms with Crippen molar-refractivity contribution < 1.29 is 0 Å². The number of anilines is 1. The van der Waals surface area contributed by atoms with Gasteiger partial charge in [-0.2, -0.15) is 0 Å². The summed E-state index contributed by atoms with van der Waals surface area (Å²) in [4.78, 5) is 11.9. The fourth-order valence-corrected chi connectivity index (χ4v) is 2.65. The molecule has 0 atom stereocenters. The molecule has 0 aromatic carbocycles. The Bertz CT molecular complexity index is 448. The van der Waals surface area contributed by atoms with Crippen molar-refractivity contribution in [1.82, 2.24) is 15.3 Å². The van der Waals surface area contributed by atoms with Crippen molar-refractivity contribution in [3.05, 3.63) is 17.7 Å². The minimum Gasteiger partial charge on any atom is -0.369 e. The highest BCUT2D eigenvalue weighted by atomic mass is 15.2. The molecular formula is C17H30N4. The quantitative estimate of drug-likeness (QED) is 0.903. The highest BCUT2D eigenvalue weighted by molar-refractivity contribution is 5.49. The van der Waals surface area contributed by atoms with Gasteiger partial charge >= 0.3 is 0 Å². The summed E-state index contributed by atoms with van der Waals surface area (Å²) < 4.78 is 0. The highest BCUT2D eigenvalue weighted by Gasteiger charge is 2.20. The molecule has 0 spiro atoms. The van der Waals surface area contributed by atoms with Crippen molar-refractivity contribution in [2.75, 3.05) is 18.0 Å². The molecule has 1 aromatic rings. The molecule has 1 fully saturated rings. The van der Waals surface area contributed by atoms with E-state index in [2.05, 4.69) is 49.8 Å². The lowest BCUT2D eigenvalue weighted by atomic mass is 9.99. The lowest BCUT2D eigenvalue weighted by Crippen LogP contribution is -2.35. The lowest BCUT2D eigenvalue weighted by Gasteiger charge is -2.33. The Morgan fingerprint density at radius 3 is 2.48 bits per heavy atom. The van der Waals surface area contributed by atoms with E-state index in [0.717, 1.165) is 37.1 Å². The van der Waals surface area contributed by atoms with E-state index >= 15 is 0 Å². The van der Waals surface area contributed by atoms with Crippen LogP contribution in [0.4, 0.5) is 5.69 Å². The van der Waals surface area contributed by atoms with Crippen LogP contribution in [0.3, 0.4) is 0 Å². The SMILES string of the molecule is CC1CCN(c2cnc(C(C)C)nc2CNC(C)C)CC1. The summed E-state index contributed by atoms with van der Waals surface area (Å²) >= 11 is 0. The van der Waals surface area contributed by atoms with Gasteiger partial charge in [-0.25, -0.2) is 9.97 Å². The van der Waals surface area contributed by atoms with Crippen LogP contribution in [0.5, 0.6) is 0 Å². The molecule has 0 radical (unpaired) electrons. The molecule has 0 aliphatic carbocycles. The Morgan fingerprint density at radius 1 is 1.24 bits per heavy atom. The fraction of sp³-hybridized carbons (Fsp3) is 0.765. The Kier molecular flexibility index (Phi) is 5.57. The number of hydrogen-bond acceptors (Lipinski definition) is 4. The number of nitrogens with one attached hydrogen (secondary N) is 1. The molecule has 0 saturated carbocycles. The minimum atomic E-state index is 0.373. The van der Waals surface area contributed by atoms with E-state index in [0.29, 0.717) is 12.0 Å². The Labute approximate surface area is 129 Å². The maximum Gasteiger partial charge on any atom is 0.131 e. The van der Waals surface area contributed by atoms with Crippen molar-refractivity contribution in [2.24, 2.45) is 5.92 Å². The molecule has 1 saturated heterocycles. The molecule has 0 unspecified atom stereocenters. The van der Waals surface area contributed by atoms with Gasteiger partial charge in [0.2, 0.25) is 0 Å². The molecular weight excluding hydrogens is 260 g/mol. The second kappa shape index (κ2) is 7.21. The molecule has 21 heavy (non-hydrogen) atoms. The van der Waals surface area contributed by atoms with Gasteiger partial charge in [0.15, 0.2) is 0 Å². The number of hydrogen-bond donors (Lipinski definition) is 1. The van der Waals surface area contributed by atoms with E-state index in [4.69, 9.17) is 4.98 Å². The van der Waals surface area contributed by atoms with Crippen molar-refractivity contribution in [1.29, 1.82) is 0 Å². The summed E-state index contributed by atoms with van der Waals surface area (Å²) in [5, 5.41) is 3.50. The molecule has 0 bridgehead atoms. The van der Waals surface area contributed by atoms with Crippen LogP contribution in [0.1, 0.15) is 64.9 Å². The van der Waals surface area contributed by atoms with Crippen molar-refractivity contribution in [3.63, 3.8) is 0 Å². The average Bonchev–Trinajstić information content (AvgIpc) is 2.45. The molecule has 2 rings (SSSR count). The van der Waals surface area contributed by atoms with Crippen LogP contribution in [0.2, 0.25) is 0 Å². The highest BCUT2D eigenvalue weighted by Crippen LogP contribution is 2.26. The predicted molar refractivity (Wildman–Crippen MR) is 88.7 cm³/mol. The molecule has 118 valence electrons. The van der Waals surface area contributed by atoms with Crippen LogP contribution in [-0.2, 0) is 6.54 Å². The van der Waals surface area contributed by atoms with Crippen molar-refractivity contribution >= 4 is 5.69 Å². The summed E-state index contributed by atoms with van der Waals surface area (Å²) in [6, 6.07) is 0.469. The lowest BCUT2D eigenvalue weighted by molar-refractivity contribution is 0.436. The van der Waals surface area contributed by atoms with Gasteiger partial charge in [0.05, 0.1) is 17.6 Å². The summed E-state index contributed by atoms with van der Waals surface area (Å²) in [7, 11) is 0. The molecule has 0 amide bonds. The normalized spacial score (nSPS) is 17.0. The first-order chi connectivity index (χ1) is 9.97. The third kappa shape index (κ3) is 4.40. The Morgan fingerprint density at radius 2 is 1.90 bits per heavy atom. The van der Waals surface area contributed by atoms with E-state index in [1.54, 1.807) is 0 Å². The Balaban J connectivity index is 2.21. The van der Waals surface area contributed by atoms with Crippen molar-refractivity contribution in [2.45, 2.75) is 66.0 Å². The number of rotatable bonds is 5. The van der Waals surface area contributed by atoms with Crippen LogP contribution in [0.15, 0.2) is 6.20 Å². The number of nitrogens with zero attached hydrogens (tertiary/aromatic N) is 3. The van der Waals surface area contributed by atoms with Gasteiger partial charge in [0.1, 0.15) is 5.82 Å². The molecule has 1 aliphatic heterocycles. The molecule has 1 aromatic heterocycles. The minimum absolute atomic E-state index is 0.373. The smallest absolute Gasteiger partial charge is 0.131 e. The summed E-state index contributed by atoms with van der Waals surface area (Å²) in [6.07, 6.45) is 4.57. The van der Waals surface area contributed by atoms with E-state index < -0.39 is 0 Å². The average molecular weight is 290 g/mol. The van der Waals surface area contributed by atoms with Crippen LogP contribution in [0.25, 0.3) is 0 Å². The topological polar surface area (TPSA) is 41.1 Å². The van der Waals surface area contributed by atoms with Crippen LogP contribution < -0.4 is 10.2 Å². The number of aromatic nitrogens is 2. The first kappa shape index (κ1) is 16.2. The maximum absolute atomic E-state index is 4.82. The van der Waals surface area contributed by atoms with Crippen molar-refractivity contribution in [3.8, 4) is 0 Å².